The van der Waals surface area contributed by atoms with Gasteiger partial charge < -0.3 is 17.1 Å². The molecular formula is C19H20BrIMoN3O-. The normalized spacial score (nSPS) is 16.9. The molecule has 2 N–H and O–H groups in total. The van der Waals surface area contributed by atoms with Gasteiger partial charge in [0.15, 0.2) is 0 Å². The zero-order valence-corrected chi connectivity index (χ0v) is 19.9. The van der Waals surface area contributed by atoms with Gasteiger partial charge in [0, 0.05) is 34.2 Å². The van der Waals surface area contributed by atoms with Gasteiger partial charge in [0.25, 0.3) is 5.91 Å². The van der Waals surface area contributed by atoms with Gasteiger partial charge >= 0.3 is 0 Å². The third kappa shape index (κ3) is 5.37. The molecule has 2 heterocycles. The molecule has 1 aliphatic rings. The van der Waals surface area contributed by atoms with E-state index in [9.17, 15) is 4.79 Å². The molecule has 26 heavy (non-hydrogen) atoms. The van der Waals surface area contributed by atoms with E-state index in [2.05, 4.69) is 68.1 Å². The Kier molecular flexibility index (Phi) is 8.71. The molecule has 1 atom stereocenters. The molecule has 1 amide bonds. The molecule has 0 radical (unpaired) electrons. The zero-order valence-electron chi connectivity index (χ0n) is 14.2. The Balaban J connectivity index is 0.00000243. The monoisotopic (exact) mass is 610 g/mol. The van der Waals surface area contributed by atoms with E-state index in [0.29, 0.717) is 29.2 Å². The number of halogens is 2. The fourth-order valence-corrected chi connectivity index (χ4v) is 4.40. The molecule has 1 fully saturated rings. The summed E-state index contributed by atoms with van der Waals surface area (Å²) in [6.45, 7) is 2.01. The second-order valence-electron chi connectivity index (χ2n) is 6.18. The summed E-state index contributed by atoms with van der Waals surface area (Å²) in [5.74, 6) is 0.517. The molecule has 7 heteroatoms. The van der Waals surface area contributed by atoms with Crippen molar-refractivity contribution in [2.75, 3.05) is 13.1 Å². The van der Waals surface area contributed by atoms with Gasteiger partial charge in [-0.1, -0.05) is 37.1 Å². The van der Waals surface area contributed by atoms with Gasteiger partial charge in [0.2, 0.25) is 0 Å². The van der Waals surface area contributed by atoms with E-state index >= 15 is 0 Å². The third-order valence-electron chi connectivity index (χ3n) is 4.58. The summed E-state index contributed by atoms with van der Waals surface area (Å²) in [7, 11) is 0. The third-order valence-corrected chi connectivity index (χ3v) is 5.79. The second kappa shape index (κ2) is 10.3. The SMILES string of the molecule is NCc1ccccc1CC1[CH-]CN(C(=O)c2ccc(I)nc2Br)CC1.[Mo]. The van der Waals surface area contributed by atoms with Gasteiger partial charge in [-0.15, -0.1) is 6.54 Å². The standard InChI is InChI=1S/C19H20BrIN3O.Mo/c20-18-16(5-6-17(21)23-18)19(25)24-9-7-13(8-10-24)11-14-3-1-2-4-15(14)12-22;/h1-7,13H,8-12,22H2;/q-1;. The van der Waals surface area contributed by atoms with Gasteiger partial charge in [-0.3, -0.25) is 4.79 Å². The smallest absolute Gasteiger partial charge is 0.254 e. The molecule has 3 rings (SSSR count). The molecule has 0 spiro atoms. The Morgan fingerprint density at radius 1 is 1.31 bits per heavy atom. The molecule has 0 bridgehead atoms. The van der Waals surface area contributed by atoms with Crippen LogP contribution >= 0.6 is 38.5 Å². The van der Waals surface area contributed by atoms with E-state index < -0.39 is 0 Å². The summed E-state index contributed by atoms with van der Waals surface area (Å²) < 4.78 is 1.48. The molecule has 0 saturated carbocycles. The summed E-state index contributed by atoms with van der Waals surface area (Å²) in [5, 5.41) is 0. The van der Waals surface area contributed by atoms with Crippen molar-refractivity contribution in [2.24, 2.45) is 11.7 Å². The Morgan fingerprint density at radius 2 is 2.04 bits per heavy atom. The minimum atomic E-state index is 0. The van der Waals surface area contributed by atoms with E-state index in [1.807, 2.05) is 23.1 Å². The number of amides is 1. The molecule has 138 valence electrons. The van der Waals surface area contributed by atoms with E-state index in [4.69, 9.17) is 5.73 Å². The van der Waals surface area contributed by atoms with Crippen LogP contribution < -0.4 is 5.73 Å². The molecular weight excluding hydrogens is 589 g/mol. The molecule has 4 nitrogen and oxygen atoms in total. The maximum absolute atomic E-state index is 12.7. The van der Waals surface area contributed by atoms with Crippen LogP contribution in [0.1, 0.15) is 27.9 Å². The maximum Gasteiger partial charge on any atom is 0.254 e. The number of nitrogens with two attached hydrogens (primary N) is 1. The number of pyridine rings is 1. The zero-order chi connectivity index (χ0) is 17.8. The number of rotatable bonds is 4. The predicted molar refractivity (Wildman–Crippen MR) is 111 cm³/mol. The van der Waals surface area contributed by atoms with Gasteiger partial charge in [0.1, 0.15) is 8.30 Å². The number of hydrogen-bond acceptors (Lipinski definition) is 3. The molecule has 1 aliphatic heterocycles. The van der Waals surface area contributed by atoms with Crippen LogP contribution in [-0.2, 0) is 34.0 Å². The van der Waals surface area contributed by atoms with Gasteiger partial charge in [0.05, 0.1) is 5.56 Å². The molecule has 2 aromatic rings. The van der Waals surface area contributed by atoms with Crippen molar-refractivity contribution in [3.63, 3.8) is 0 Å². The van der Waals surface area contributed by atoms with Crippen molar-refractivity contribution in [1.29, 1.82) is 0 Å². The topological polar surface area (TPSA) is 59.2 Å². The van der Waals surface area contributed by atoms with Gasteiger partial charge in [-0.05, 0) is 61.8 Å². The van der Waals surface area contributed by atoms with Crippen LogP contribution in [-0.4, -0.2) is 28.9 Å². The Bertz CT molecular complexity index is 766. The van der Waals surface area contributed by atoms with Gasteiger partial charge in [-0.25, -0.2) is 4.98 Å². The number of nitrogens with zero attached hydrogens (tertiary/aromatic N) is 2. The summed E-state index contributed by atoms with van der Waals surface area (Å²) in [6.07, 6.45) is 4.22. The number of likely N-dealkylation sites (tertiary alicyclic amines) is 1. The van der Waals surface area contributed by atoms with Crippen molar-refractivity contribution < 1.29 is 25.9 Å². The summed E-state index contributed by atoms with van der Waals surface area (Å²) in [4.78, 5) is 18.9. The van der Waals surface area contributed by atoms with E-state index in [-0.39, 0.29) is 27.0 Å². The van der Waals surface area contributed by atoms with Crippen LogP contribution in [0.15, 0.2) is 41.0 Å². The molecule has 1 saturated heterocycles. The first-order chi connectivity index (χ1) is 12.1. The number of carbonyl (C=O) groups is 1. The van der Waals surface area contributed by atoms with Crippen molar-refractivity contribution in [3.8, 4) is 0 Å². The van der Waals surface area contributed by atoms with Crippen LogP contribution in [0.3, 0.4) is 0 Å². The number of benzene rings is 1. The number of piperidine rings is 1. The minimum absolute atomic E-state index is 0. The van der Waals surface area contributed by atoms with Crippen molar-refractivity contribution in [2.45, 2.75) is 19.4 Å². The first-order valence-electron chi connectivity index (χ1n) is 8.30. The fraction of sp³-hybridized carbons (Fsp3) is 0.316. The van der Waals surface area contributed by atoms with E-state index in [1.165, 1.54) is 11.1 Å². The average molecular weight is 609 g/mol. The maximum atomic E-state index is 12.7. The van der Waals surface area contributed by atoms with E-state index in [1.54, 1.807) is 0 Å². The molecule has 1 unspecified atom stereocenters. The van der Waals surface area contributed by atoms with Crippen molar-refractivity contribution in [1.82, 2.24) is 9.88 Å². The van der Waals surface area contributed by atoms with E-state index in [0.717, 1.165) is 23.1 Å². The Hall–Kier alpha value is -0.302. The largest absolute Gasteiger partial charge is 0.368 e. The number of carbonyl (C=O) groups excluding carboxylic acids is 1. The fourth-order valence-electron chi connectivity index (χ4n) is 3.16. The van der Waals surface area contributed by atoms with Crippen LogP contribution in [0.4, 0.5) is 0 Å². The van der Waals surface area contributed by atoms with Crippen molar-refractivity contribution >= 4 is 44.4 Å². The van der Waals surface area contributed by atoms with Gasteiger partial charge in [-0.2, -0.15) is 5.92 Å². The number of hydrogen-bond donors (Lipinski definition) is 1. The van der Waals surface area contributed by atoms with Crippen LogP contribution in [0.2, 0.25) is 0 Å². The first-order valence-corrected chi connectivity index (χ1v) is 10.2. The Labute approximate surface area is 190 Å². The summed E-state index contributed by atoms with van der Waals surface area (Å²) >= 11 is 5.54. The van der Waals surface area contributed by atoms with Crippen LogP contribution in [0, 0.1) is 16.0 Å². The predicted octanol–water partition coefficient (Wildman–Crippen LogP) is 3.81. The van der Waals surface area contributed by atoms with Crippen LogP contribution in [0.5, 0.6) is 0 Å². The Morgan fingerprint density at radius 3 is 2.65 bits per heavy atom. The second-order valence-corrected chi connectivity index (χ2v) is 8.04. The summed E-state index contributed by atoms with van der Waals surface area (Å²) in [5.41, 5.74) is 8.99. The first kappa shape index (κ1) is 22.0. The van der Waals surface area contributed by atoms with Crippen molar-refractivity contribution in [3.05, 3.63) is 67.8 Å². The summed E-state index contributed by atoms with van der Waals surface area (Å²) in [6, 6.07) is 12.0. The van der Waals surface area contributed by atoms with Crippen LogP contribution in [0.25, 0.3) is 0 Å². The quantitative estimate of drug-likeness (QED) is 0.249. The number of aromatic nitrogens is 1. The average Bonchev–Trinajstić information content (AvgIpc) is 2.62. The molecule has 1 aromatic carbocycles. The molecule has 0 aliphatic carbocycles. The minimum Gasteiger partial charge on any atom is -0.368 e. The molecule has 1 aromatic heterocycles.